The summed E-state index contributed by atoms with van der Waals surface area (Å²) in [6, 6.07) is 17.4. The number of rotatable bonds is 14. The van der Waals surface area contributed by atoms with Crippen molar-refractivity contribution in [3.8, 4) is 0 Å². The van der Waals surface area contributed by atoms with Gasteiger partial charge in [-0.3, -0.25) is 4.90 Å². The van der Waals surface area contributed by atoms with E-state index in [0.717, 1.165) is 52.1 Å². The standard InChI is InChI=1S/C15H27N3.C12H21N3.3C2H6/c1-5-17(3)10-11-18(4)13-15-8-6-14(7-9-15)12-16-2;1-15(10-14)8-2-3-11-4-6-12(9-13)7-5-11;3*1-2/h6-9,16H,5,10-13H2,1-4H3;4-7H,2-3,8-10,13-14H2,1H3;3*1-2H3. The third-order valence-electron chi connectivity index (χ3n) is 5.84. The largest absolute Gasteiger partial charge is 0.326 e. The number of hydrogen-bond donors (Lipinski definition) is 3. The Labute approximate surface area is 244 Å². The number of nitrogens with two attached hydrogens (primary N) is 2. The van der Waals surface area contributed by atoms with Crippen LogP contribution in [0, 0.1) is 0 Å². The lowest BCUT2D eigenvalue weighted by atomic mass is 10.1. The highest BCUT2D eigenvalue weighted by Gasteiger charge is 2.02. The van der Waals surface area contributed by atoms with E-state index < -0.39 is 0 Å². The van der Waals surface area contributed by atoms with Crippen LogP contribution in [0.3, 0.4) is 0 Å². The molecule has 228 valence electrons. The monoisotopic (exact) mass is 547 g/mol. The van der Waals surface area contributed by atoms with Crippen molar-refractivity contribution in [2.75, 3.05) is 61.0 Å². The summed E-state index contributed by atoms with van der Waals surface area (Å²) in [5, 5.41) is 3.17. The number of hydrogen-bond acceptors (Lipinski definition) is 6. The van der Waals surface area contributed by atoms with Gasteiger partial charge < -0.3 is 26.6 Å². The van der Waals surface area contributed by atoms with Gasteiger partial charge in [-0.1, -0.05) is 97.0 Å². The van der Waals surface area contributed by atoms with Crippen LogP contribution in [0.25, 0.3) is 0 Å². The summed E-state index contributed by atoms with van der Waals surface area (Å²) in [6.45, 7) is 21.8. The first kappa shape index (κ1) is 41.7. The molecule has 2 rings (SSSR count). The third kappa shape index (κ3) is 23.8. The van der Waals surface area contributed by atoms with Crippen LogP contribution in [-0.4, -0.2) is 75.7 Å². The average Bonchev–Trinajstić information content (AvgIpc) is 3.00. The van der Waals surface area contributed by atoms with Crippen LogP contribution in [0.4, 0.5) is 0 Å². The Kier molecular flexibility index (Phi) is 32.8. The Hall–Kier alpha value is -1.80. The zero-order chi connectivity index (χ0) is 30.5. The second-order valence-corrected chi connectivity index (χ2v) is 8.87. The minimum absolute atomic E-state index is 0.621. The molecule has 0 heterocycles. The lowest BCUT2D eigenvalue weighted by molar-refractivity contribution is 0.258. The fraction of sp³-hybridized carbons (Fsp3) is 0.636. The highest BCUT2D eigenvalue weighted by Crippen LogP contribution is 2.07. The molecule has 0 radical (unpaired) electrons. The number of likely N-dealkylation sites (N-methyl/N-ethyl adjacent to an activating group) is 2. The van der Waals surface area contributed by atoms with E-state index in [1.54, 1.807) is 0 Å². The summed E-state index contributed by atoms with van der Waals surface area (Å²) >= 11 is 0. The van der Waals surface area contributed by atoms with Crippen molar-refractivity contribution in [3.63, 3.8) is 0 Å². The Morgan fingerprint density at radius 3 is 1.54 bits per heavy atom. The fourth-order valence-electron chi connectivity index (χ4n) is 3.34. The van der Waals surface area contributed by atoms with Crippen LogP contribution in [0.5, 0.6) is 0 Å². The molecule has 0 saturated heterocycles. The Balaban J connectivity index is -0.000000563. The quantitative estimate of drug-likeness (QED) is 0.260. The summed E-state index contributed by atoms with van der Waals surface area (Å²) in [7, 11) is 8.37. The van der Waals surface area contributed by atoms with Gasteiger partial charge in [-0.2, -0.15) is 0 Å². The summed E-state index contributed by atoms with van der Waals surface area (Å²) in [4.78, 5) is 6.83. The van der Waals surface area contributed by atoms with Crippen LogP contribution in [0.1, 0.15) is 77.1 Å². The van der Waals surface area contributed by atoms with E-state index in [9.17, 15) is 0 Å². The van der Waals surface area contributed by atoms with Crippen molar-refractivity contribution in [1.82, 2.24) is 20.0 Å². The summed E-state index contributed by atoms with van der Waals surface area (Å²) in [5.41, 5.74) is 16.3. The van der Waals surface area contributed by atoms with Crippen molar-refractivity contribution >= 4 is 0 Å². The highest BCUT2D eigenvalue weighted by molar-refractivity contribution is 5.23. The molecule has 0 atom stereocenters. The van der Waals surface area contributed by atoms with E-state index in [-0.39, 0.29) is 0 Å². The SMILES string of the molecule is CC.CC.CC.CCN(C)CCN(C)Cc1ccc(CNC)cc1.CN(CN)CCCc1ccc(CN)cc1. The first-order chi connectivity index (χ1) is 18.9. The average molecular weight is 547 g/mol. The third-order valence-corrected chi connectivity index (χ3v) is 5.84. The highest BCUT2D eigenvalue weighted by atomic mass is 15.2. The Morgan fingerprint density at radius 2 is 1.08 bits per heavy atom. The molecule has 0 spiro atoms. The molecule has 0 bridgehead atoms. The van der Waals surface area contributed by atoms with Gasteiger partial charge in [0.1, 0.15) is 0 Å². The summed E-state index contributed by atoms with van der Waals surface area (Å²) in [6.07, 6.45) is 2.25. The van der Waals surface area contributed by atoms with Gasteiger partial charge in [0.25, 0.3) is 0 Å². The molecule has 5 N–H and O–H groups in total. The summed E-state index contributed by atoms with van der Waals surface area (Å²) < 4.78 is 0. The number of aryl methyl sites for hydroxylation is 1. The van der Waals surface area contributed by atoms with E-state index in [0.29, 0.717) is 13.2 Å². The molecule has 0 aliphatic carbocycles. The maximum absolute atomic E-state index is 5.54. The van der Waals surface area contributed by atoms with Gasteiger partial charge >= 0.3 is 0 Å². The minimum Gasteiger partial charge on any atom is -0.326 e. The van der Waals surface area contributed by atoms with Gasteiger partial charge in [0.15, 0.2) is 0 Å². The van der Waals surface area contributed by atoms with Crippen molar-refractivity contribution in [3.05, 3.63) is 70.8 Å². The predicted molar refractivity (Wildman–Crippen MR) is 177 cm³/mol. The predicted octanol–water partition coefficient (Wildman–Crippen LogP) is 5.79. The normalized spacial score (nSPS) is 9.95. The molecule has 39 heavy (non-hydrogen) atoms. The molecule has 2 aromatic rings. The lowest BCUT2D eigenvalue weighted by Crippen LogP contribution is -2.30. The molecule has 6 nitrogen and oxygen atoms in total. The van der Waals surface area contributed by atoms with Gasteiger partial charge in [0, 0.05) is 39.4 Å². The van der Waals surface area contributed by atoms with Crippen molar-refractivity contribution in [1.29, 1.82) is 0 Å². The topological polar surface area (TPSA) is 73.8 Å². The molecular weight excluding hydrogens is 480 g/mol. The molecule has 0 aliphatic heterocycles. The Bertz CT molecular complexity index is 718. The number of nitrogens with zero attached hydrogens (tertiary/aromatic N) is 3. The van der Waals surface area contributed by atoms with Crippen LogP contribution in [-0.2, 0) is 26.1 Å². The smallest absolute Gasteiger partial charge is 0.0452 e. The maximum atomic E-state index is 5.54. The molecular formula is C33H66N6. The van der Waals surface area contributed by atoms with Crippen molar-refractivity contribution in [2.24, 2.45) is 11.5 Å². The zero-order valence-corrected chi connectivity index (χ0v) is 27.7. The van der Waals surface area contributed by atoms with Crippen LogP contribution >= 0.6 is 0 Å². The molecule has 2 aromatic carbocycles. The Morgan fingerprint density at radius 1 is 0.615 bits per heavy atom. The molecule has 6 heteroatoms. The van der Waals surface area contributed by atoms with Crippen molar-refractivity contribution < 1.29 is 0 Å². The van der Waals surface area contributed by atoms with E-state index in [4.69, 9.17) is 11.5 Å². The van der Waals surface area contributed by atoms with Crippen LogP contribution in [0.15, 0.2) is 48.5 Å². The van der Waals surface area contributed by atoms with E-state index in [1.165, 1.54) is 22.3 Å². The molecule has 0 fully saturated rings. The second-order valence-electron chi connectivity index (χ2n) is 8.87. The van der Waals surface area contributed by atoms with Crippen LogP contribution < -0.4 is 16.8 Å². The fourth-order valence-corrected chi connectivity index (χ4v) is 3.34. The number of nitrogens with one attached hydrogen (secondary N) is 1. The first-order valence-electron chi connectivity index (χ1n) is 15.2. The van der Waals surface area contributed by atoms with Gasteiger partial charge in [-0.05, 0) is 76.4 Å². The molecule has 0 unspecified atom stereocenters. The van der Waals surface area contributed by atoms with Crippen molar-refractivity contribution in [2.45, 2.75) is 80.9 Å². The van der Waals surface area contributed by atoms with E-state index in [2.05, 4.69) is 89.6 Å². The van der Waals surface area contributed by atoms with Gasteiger partial charge in [-0.15, -0.1) is 0 Å². The second kappa shape index (κ2) is 30.7. The van der Waals surface area contributed by atoms with Gasteiger partial charge in [-0.25, -0.2) is 0 Å². The first-order valence-corrected chi connectivity index (χ1v) is 15.2. The lowest BCUT2D eigenvalue weighted by Gasteiger charge is -2.21. The minimum atomic E-state index is 0.621. The summed E-state index contributed by atoms with van der Waals surface area (Å²) in [5.74, 6) is 0. The van der Waals surface area contributed by atoms with E-state index in [1.807, 2.05) is 55.6 Å². The van der Waals surface area contributed by atoms with E-state index >= 15 is 0 Å². The molecule has 0 aliphatic rings. The molecule has 0 saturated carbocycles. The molecule has 0 aromatic heterocycles. The maximum Gasteiger partial charge on any atom is 0.0452 e. The zero-order valence-electron chi connectivity index (χ0n) is 27.7. The van der Waals surface area contributed by atoms with Gasteiger partial charge in [0.05, 0.1) is 0 Å². The number of benzene rings is 2. The van der Waals surface area contributed by atoms with Crippen LogP contribution in [0.2, 0.25) is 0 Å². The molecule has 0 amide bonds. The van der Waals surface area contributed by atoms with Gasteiger partial charge in [0.2, 0.25) is 0 Å².